The Hall–Kier alpha value is -2.84. The summed E-state index contributed by atoms with van der Waals surface area (Å²) in [4.78, 5) is 23.5. The lowest BCUT2D eigenvalue weighted by Gasteiger charge is -2.25. The second-order valence-corrected chi connectivity index (χ2v) is 29.5. The Morgan fingerprint density at radius 1 is 0.376 bits per heavy atom. The molecule has 0 aromatic rings. The molecule has 1 amide bonds. The van der Waals surface area contributed by atoms with E-state index in [2.05, 4.69) is 116 Å². The number of hydrogen-bond donors (Lipinski definition) is 3. The van der Waals surface area contributed by atoms with E-state index in [9.17, 15) is 19.4 Å². The summed E-state index contributed by atoms with van der Waals surface area (Å²) >= 11 is 0. The molecule has 0 saturated carbocycles. The molecule has 8 nitrogen and oxygen atoms in total. The smallest absolute Gasteiger partial charge is 0.387 e. The van der Waals surface area contributed by atoms with E-state index in [1.807, 2.05) is 27.2 Å². The number of phosphoric acid groups is 1. The van der Waals surface area contributed by atoms with E-state index >= 15 is 0 Å². The number of phosphoric ester groups is 1. The Morgan fingerprint density at radius 2 is 0.645 bits per heavy atom. The highest BCUT2D eigenvalue weighted by Crippen LogP contribution is 2.43. The average molecular weight is 1320 g/mol. The van der Waals surface area contributed by atoms with Crippen LogP contribution in [0.1, 0.15) is 367 Å². The molecule has 0 aromatic heterocycles. The molecule has 0 aromatic carbocycles. The van der Waals surface area contributed by atoms with Crippen molar-refractivity contribution in [2.24, 2.45) is 0 Å². The zero-order valence-corrected chi connectivity index (χ0v) is 62.9. The number of likely N-dealkylation sites (N-methyl/N-ethyl adjacent to an activating group) is 1. The first kappa shape index (κ1) is 90.2. The third-order valence-electron chi connectivity index (χ3n) is 17.7. The number of carbonyl (C=O) groups excluding carboxylic acids is 1. The summed E-state index contributed by atoms with van der Waals surface area (Å²) in [6.45, 7) is 4.74. The second-order valence-electron chi connectivity index (χ2n) is 28.1. The number of rotatable bonds is 73. The molecule has 0 spiro atoms. The molecule has 0 heterocycles. The maximum absolute atomic E-state index is 13.1. The lowest BCUT2D eigenvalue weighted by Crippen LogP contribution is -2.45. The van der Waals surface area contributed by atoms with Crippen molar-refractivity contribution in [2.45, 2.75) is 379 Å². The van der Waals surface area contributed by atoms with E-state index in [0.717, 1.165) is 89.9 Å². The Labute approximate surface area is 578 Å². The fourth-order valence-corrected chi connectivity index (χ4v) is 12.4. The van der Waals surface area contributed by atoms with Crippen LogP contribution in [0.3, 0.4) is 0 Å². The van der Waals surface area contributed by atoms with Gasteiger partial charge in [-0.1, -0.05) is 386 Å². The zero-order chi connectivity index (χ0) is 67.6. The largest absolute Gasteiger partial charge is 0.472 e. The van der Waals surface area contributed by atoms with E-state index in [4.69, 9.17) is 9.05 Å². The van der Waals surface area contributed by atoms with Crippen LogP contribution in [0.4, 0.5) is 0 Å². The number of amides is 1. The molecule has 0 aliphatic rings. The van der Waals surface area contributed by atoms with Gasteiger partial charge in [-0.3, -0.25) is 13.8 Å². The molecule has 0 rings (SSSR count). The molecule has 3 unspecified atom stereocenters. The van der Waals surface area contributed by atoms with Gasteiger partial charge in [0.1, 0.15) is 13.2 Å². The molecule has 540 valence electrons. The molecule has 0 fully saturated rings. The Morgan fingerprint density at radius 3 is 0.946 bits per heavy atom. The molecule has 0 bridgehead atoms. The van der Waals surface area contributed by atoms with Crippen molar-refractivity contribution in [3.63, 3.8) is 0 Å². The Kier molecular flexibility index (Phi) is 71.2. The number of allylic oxidation sites excluding steroid dienone is 17. The molecule has 3 N–H and O–H groups in total. The zero-order valence-electron chi connectivity index (χ0n) is 62.0. The highest BCUT2D eigenvalue weighted by Gasteiger charge is 2.28. The standard InChI is InChI=1S/C84H153N2O6P/c1-6-8-10-12-14-16-18-20-22-24-26-28-30-32-34-36-38-39-40-41-42-43-44-45-46-47-48-50-52-54-56-58-60-62-64-66-68-70-72-74-76-78-84(88)85-82(81-92-93(89,90)91-80-79-86(3,4)5)83(87)77-75-73-71-69-67-65-63-61-59-57-55-53-51-49-37-35-33-31-29-27-25-23-21-19-17-15-13-11-9-7-2/h8,10,14,16,20,22,26,28,32,34,38-39,41-42,44-45,75,77,82-83,87H,6-7,9,11-13,15,17-19,21,23-25,27,29-31,33,35-37,40,43,46-74,76,78-81H2,1-5H3,(H-,85,88,89,90)/p+1/b10-8-,16-14-,22-20-,28-26-,34-32-,39-38-,42-41-,45-44-,77-75+. The van der Waals surface area contributed by atoms with Gasteiger partial charge < -0.3 is 19.8 Å². The first-order chi connectivity index (χ1) is 45.5. The molecular weight excluding hydrogens is 1160 g/mol. The molecule has 0 aliphatic heterocycles. The summed E-state index contributed by atoms with van der Waals surface area (Å²) in [7, 11) is 1.58. The van der Waals surface area contributed by atoms with Crippen LogP contribution >= 0.6 is 7.82 Å². The van der Waals surface area contributed by atoms with E-state index in [-0.39, 0.29) is 19.1 Å². The normalized spacial score (nSPS) is 14.1. The van der Waals surface area contributed by atoms with E-state index in [1.165, 1.54) is 257 Å². The van der Waals surface area contributed by atoms with Crippen molar-refractivity contribution in [1.82, 2.24) is 5.32 Å². The van der Waals surface area contributed by atoms with Crippen LogP contribution in [0.15, 0.2) is 109 Å². The summed E-state index contributed by atoms with van der Waals surface area (Å²) in [5, 5.41) is 14.1. The van der Waals surface area contributed by atoms with Crippen molar-refractivity contribution in [3.05, 3.63) is 109 Å². The highest BCUT2D eigenvalue weighted by molar-refractivity contribution is 7.47. The predicted octanol–water partition coefficient (Wildman–Crippen LogP) is 26.2. The monoisotopic (exact) mass is 1320 g/mol. The maximum atomic E-state index is 13.1. The van der Waals surface area contributed by atoms with Crippen molar-refractivity contribution in [3.8, 4) is 0 Å². The molecule has 3 atom stereocenters. The summed E-state index contributed by atoms with van der Waals surface area (Å²) < 4.78 is 23.9. The van der Waals surface area contributed by atoms with E-state index in [1.54, 1.807) is 6.08 Å². The minimum Gasteiger partial charge on any atom is -0.387 e. The predicted molar refractivity (Wildman–Crippen MR) is 410 cm³/mol. The maximum Gasteiger partial charge on any atom is 0.472 e. The van der Waals surface area contributed by atoms with Gasteiger partial charge in [0.05, 0.1) is 39.9 Å². The number of nitrogens with one attached hydrogen (secondary N) is 1. The number of aliphatic hydroxyl groups excluding tert-OH is 1. The first-order valence-corrected chi connectivity index (χ1v) is 41.3. The first-order valence-electron chi connectivity index (χ1n) is 39.8. The average Bonchev–Trinajstić information content (AvgIpc) is 2.75. The van der Waals surface area contributed by atoms with Gasteiger partial charge in [0, 0.05) is 6.42 Å². The van der Waals surface area contributed by atoms with Crippen molar-refractivity contribution >= 4 is 13.7 Å². The third kappa shape index (κ3) is 76.4. The summed E-state index contributed by atoms with van der Waals surface area (Å²) in [5.74, 6) is -0.174. The third-order valence-corrected chi connectivity index (χ3v) is 18.7. The molecular formula is C84H154N2O6P+. The minimum atomic E-state index is -4.36. The lowest BCUT2D eigenvalue weighted by atomic mass is 10.0. The molecule has 0 radical (unpaired) electrons. The number of aliphatic hydroxyl groups is 1. The number of quaternary nitrogens is 1. The van der Waals surface area contributed by atoms with Gasteiger partial charge in [0.25, 0.3) is 0 Å². The van der Waals surface area contributed by atoms with Crippen LogP contribution in [-0.2, 0) is 18.4 Å². The second kappa shape index (κ2) is 73.4. The van der Waals surface area contributed by atoms with Gasteiger partial charge in [0.15, 0.2) is 0 Å². The Bertz CT molecular complexity index is 1890. The van der Waals surface area contributed by atoms with Crippen molar-refractivity contribution < 1.29 is 32.9 Å². The van der Waals surface area contributed by atoms with Gasteiger partial charge in [0.2, 0.25) is 5.91 Å². The van der Waals surface area contributed by atoms with Crippen LogP contribution in [0, 0.1) is 0 Å². The highest BCUT2D eigenvalue weighted by atomic mass is 31.2. The van der Waals surface area contributed by atoms with E-state index < -0.39 is 20.0 Å². The van der Waals surface area contributed by atoms with Crippen LogP contribution in [0.25, 0.3) is 0 Å². The van der Waals surface area contributed by atoms with Crippen LogP contribution < -0.4 is 5.32 Å². The number of unbranched alkanes of at least 4 members (excludes halogenated alkanes) is 44. The summed E-state index contributed by atoms with van der Waals surface area (Å²) in [5.41, 5.74) is 0. The molecule has 9 heteroatoms. The molecule has 0 aliphatic carbocycles. The van der Waals surface area contributed by atoms with Crippen LogP contribution in [-0.4, -0.2) is 73.4 Å². The van der Waals surface area contributed by atoms with Gasteiger partial charge in [-0.25, -0.2) is 4.57 Å². The van der Waals surface area contributed by atoms with Gasteiger partial charge in [-0.15, -0.1) is 0 Å². The topological polar surface area (TPSA) is 105 Å². The Balaban J connectivity index is 4.00. The lowest BCUT2D eigenvalue weighted by molar-refractivity contribution is -0.870. The van der Waals surface area contributed by atoms with Gasteiger partial charge >= 0.3 is 7.82 Å². The van der Waals surface area contributed by atoms with Gasteiger partial charge in [-0.2, -0.15) is 0 Å². The van der Waals surface area contributed by atoms with E-state index in [0.29, 0.717) is 17.4 Å². The molecule has 93 heavy (non-hydrogen) atoms. The van der Waals surface area contributed by atoms with Crippen molar-refractivity contribution in [2.75, 3.05) is 40.9 Å². The van der Waals surface area contributed by atoms with Crippen molar-refractivity contribution in [1.29, 1.82) is 0 Å². The number of nitrogens with zero attached hydrogens (tertiary/aromatic N) is 1. The minimum absolute atomic E-state index is 0.0596. The van der Waals surface area contributed by atoms with Crippen LogP contribution in [0.5, 0.6) is 0 Å². The fraction of sp³-hybridized carbons (Fsp3) is 0.774. The van der Waals surface area contributed by atoms with Gasteiger partial charge in [-0.05, 0) is 83.5 Å². The number of hydrogen-bond acceptors (Lipinski definition) is 5. The quantitative estimate of drug-likeness (QED) is 0.0243. The van der Waals surface area contributed by atoms with Crippen LogP contribution in [0.2, 0.25) is 0 Å². The molecule has 0 saturated heterocycles. The fourth-order valence-electron chi connectivity index (χ4n) is 11.7. The number of carbonyl (C=O) groups is 1. The summed E-state index contributed by atoms with van der Waals surface area (Å²) in [6.07, 6.45) is 108. The SMILES string of the molecule is CC/C=C\C/C=C\C/C=C\C/C=C\C/C=C\C/C=C\C/C=C\C/C=C\CCCCCCCCCCCCCCCCCCC(=O)NC(COP(=O)(O)OCC[N+](C)(C)C)C(O)/C=C/CCCCCCCCCCCCCCCCCCCCCCCCCCCCCC. The summed E-state index contributed by atoms with van der Waals surface area (Å²) in [6, 6.07) is -0.853.